The first kappa shape index (κ1) is 18.5. The fourth-order valence-electron chi connectivity index (χ4n) is 3.20. The Bertz CT molecular complexity index is 1220. The third-order valence-corrected chi connectivity index (χ3v) is 4.78. The van der Waals surface area contributed by atoms with E-state index in [1.807, 2.05) is 36.4 Å². The second-order valence-electron chi connectivity index (χ2n) is 6.67. The molecule has 0 aliphatic carbocycles. The molecule has 0 bridgehead atoms. The molecule has 142 valence electrons. The fourth-order valence-corrected chi connectivity index (χ4v) is 3.20. The lowest BCUT2D eigenvalue weighted by molar-refractivity contribution is 0.355. The summed E-state index contributed by atoms with van der Waals surface area (Å²) in [4.78, 5) is 9.82. The Kier molecular flexibility index (Phi) is 4.84. The molecule has 0 spiro atoms. The van der Waals surface area contributed by atoms with E-state index in [0.717, 1.165) is 28.0 Å². The van der Waals surface area contributed by atoms with Crippen LogP contribution in [-0.2, 0) is 0 Å². The first-order valence-electron chi connectivity index (χ1n) is 9.14. The summed E-state index contributed by atoms with van der Waals surface area (Å²) in [7, 11) is 3.20. The van der Waals surface area contributed by atoms with E-state index in [4.69, 9.17) is 24.7 Å². The molecule has 3 aromatic carbocycles. The van der Waals surface area contributed by atoms with Crippen molar-refractivity contribution in [1.82, 2.24) is 9.97 Å². The van der Waals surface area contributed by atoms with Crippen molar-refractivity contribution in [3.05, 3.63) is 71.8 Å². The highest BCUT2D eigenvalue weighted by Gasteiger charge is 2.16. The van der Waals surface area contributed by atoms with Crippen molar-refractivity contribution in [2.45, 2.75) is 6.92 Å². The van der Waals surface area contributed by atoms with Gasteiger partial charge in [-0.2, -0.15) is 5.26 Å². The smallest absolute Gasteiger partial charge is 0.163 e. The Hall–Kier alpha value is -3.91. The number of ether oxygens (including phenoxy) is 2. The van der Waals surface area contributed by atoms with Crippen LogP contribution < -0.4 is 9.47 Å². The van der Waals surface area contributed by atoms with E-state index in [2.05, 4.69) is 25.1 Å². The lowest BCUT2D eigenvalue weighted by atomic mass is 10.0. The number of fused-ring (bicyclic) bond motifs is 1. The van der Waals surface area contributed by atoms with Gasteiger partial charge in [-0.25, -0.2) is 9.97 Å². The van der Waals surface area contributed by atoms with Crippen LogP contribution in [0.25, 0.3) is 33.5 Å². The van der Waals surface area contributed by atoms with Crippen LogP contribution in [0.15, 0.2) is 60.7 Å². The predicted molar refractivity (Wildman–Crippen MR) is 113 cm³/mol. The van der Waals surface area contributed by atoms with Gasteiger partial charge in [0.2, 0.25) is 0 Å². The van der Waals surface area contributed by atoms with Gasteiger partial charge in [0.05, 0.1) is 48.3 Å². The Morgan fingerprint density at radius 2 is 1.17 bits per heavy atom. The SMILES string of the molecule is COc1cc2nc(-c3ccc(C)cc3)c(-c3ccc(C#N)cc3)nc2cc1OC. The number of nitriles is 1. The van der Waals surface area contributed by atoms with Gasteiger partial charge < -0.3 is 9.47 Å². The number of aryl methyl sites for hydroxylation is 1. The third kappa shape index (κ3) is 3.48. The summed E-state index contributed by atoms with van der Waals surface area (Å²) in [6, 6.07) is 21.4. The zero-order chi connectivity index (χ0) is 20.4. The zero-order valence-electron chi connectivity index (χ0n) is 16.4. The van der Waals surface area contributed by atoms with E-state index in [1.54, 1.807) is 26.4 Å². The normalized spacial score (nSPS) is 10.6. The standard InChI is InChI=1S/C24H19N3O2/c1-15-4-8-17(9-5-15)23-24(18-10-6-16(14-25)7-11-18)27-20-13-22(29-3)21(28-2)12-19(20)26-23/h4-13H,1-3H3. The summed E-state index contributed by atoms with van der Waals surface area (Å²) >= 11 is 0. The van der Waals surface area contributed by atoms with Crippen molar-refractivity contribution < 1.29 is 9.47 Å². The average Bonchev–Trinajstić information content (AvgIpc) is 2.77. The predicted octanol–water partition coefficient (Wildman–Crippen LogP) is 5.16. The first-order valence-corrected chi connectivity index (χ1v) is 9.14. The van der Waals surface area contributed by atoms with E-state index in [1.165, 1.54) is 5.56 Å². The van der Waals surface area contributed by atoms with E-state index in [0.29, 0.717) is 22.6 Å². The molecule has 0 amide bonds. The third-order valence-electron chi connectivity index (χ3n) is 4.78. The number of aromatic nitrogens is 2. The Morgan fingerprint density at radius 3 is 1.59 bits per heavy atom. The number of nitrogens with zero attached hydrogens (tertiary/aromatic N) is 3. The lowest BCUT2D eigenvalue weighted by Crippen LogP contribution is -1.98. The molecular weight excluding hydrogens is 362 g/mol. The van der Waals surface area contributed by atoms with E-state index in [-0.39, 0.29) is 0 Å². The monoisotopic (exact) mass is 381 g/mol. The molecule has 0 aliphatic heterocycles. The minimum Gasteiger partial charge on any atom is -0.493 e. The highest BCUT2D eigenvalue weighted by Crippen LogP contribution is 2.35. The molecule has 29 heavy (non-hydrogen) atoms. The topological polar surface area (TPSA) is 68.0 Å². The van der Waals surface area contributed by atoms with E-state index in [9.17, 15) is 0 Å². The summed E-state index contributed by atoms with van der Waals surface area (Å²) in [6.45, 7) is 2.05. The van der Waals surface area contributed by atoms with Crippen LogP contribution in [0.5, 0.6) is 11.5 Å². The summed E-state index contributed by atoms with van der Waals surface area (Å²) in [5.74, 6) is 1.21. The minimum atomic E-state index is 0.600. The Labute approximate surface area is 169 Å². The maximum absolute atomic E-state index is 9.10. The van der Waals surface area contributed by atoms with Crippen LogP contribution in [0.2, 0.25) is 0 Å². The van der Waals surface area contributed by atoms with Crippen LogP contribution in [-0.4, -0.2) is 24.2 Å². The molecule has 1 heterocycles. The van der Waals surface area contributed by atoms with Crippen LogP contribution in [0.4, 0.5) is 0 Å². The van der Waals surface area contributed by atoms with E-state index >= 15 is 0 Å². The second-order valence-corrected chi connectivity index (χ2v) is 6.67. The van der Waals surface area contributed by atoms with Gasteiger partial charge in [-0.05, 0) is 19.1 Å². The number of hydrogen-bond acceptors (Lipinski definition) is 5. The molecule has 0 saturated heterocycles. The summed E-state index contributed by atoms with van der Waals surface area (Å²) in [5, 5.41) is 9.10. The molecule has 4 aromatic rings. The molecule has 0 radical (unpaired) electrons. The Morgan fingerprint density at radius 1 is 0.724 bits per heavy atom. The maximum Gasteiger partial charge on any atom is 0.163 e. The highest BCUT2D eigenvalue weighted by molar-refractivity contribution is 5.88. The maximum atomic E-state index is 9.10. The molecule has 0 unspecified atom stereocenters. The first-order chi connectivity index (χ1) is 14.1. The molecule has 5 nitrogen and oxygen atoms in total. The van der Waals surface area contributed by atoms with Crippen molar-refractivity contribution in [3.63, 3.8) is 0 Å². The minimum absolute atomic E-state index is 0.600. The van der Waals surface area contributed by atoms with Gasteiger partial charge in [0.25, 0.3) is 0 Å². The number of hydrogen-bond donors (Lipinski definition) is 0. The molecular formula is C24H19N3O2. The van der Waals surface area contributed by atoms with Crippen molar-refractivity contribution in [3.8, 4) is 40.1 Å². The number of benzene rings is 3. The molecule has 5 heteroatoms. The van der Waals surface area contributed by atoms with Crippen LogP contribution in [0.3, 0.4) is 0 Å². The molecule has 4 rings (SSSR count). The highest BCUT2D eigenvalue weighted by atomic mass is 16.5. The molecule has 0 fully saturated rings. The Balaban J connectivity index is 2.00. The molecule has 0 aliphatic rings. The van der Waals surface area contributed by atoms with Crippen LogP contribution in [0.1, 0.15) is 11.1 Å². The van der Waals surface area contributed by atoms with Gasteiger partial charge >= 0.3 is 0 Å². The lowest BCUT2D eigenvalue weighted by Gasteiger charge is -2.13. The summed E-state index contributed by atoms with van der Waals surface area (Å²) in [5.41, 5.74) is 6.59. The molecule has 1 aromatic heterocycles. The molecule has 0 saturated carbocycles. The van der Waals surface area contributed by atoms with Gasteiger partial charge in [0, 0.05) is 23.3 Å². The van der Waals surface area contributed by atoms with Gasteiger partial charge in [0.1, 0.15) is 0 Å². The zero-order valence-corrected chi connectivity index (χ0v) is 16.4. The van der Waals surface area contributed by atoms with Crippen molar-refractivity contribution in [1.29, 1.82) is 5.26 Å². The van der Waals surface area contributed by atoms with Gasteiger partial charge in [-0.3, -0.25) is 0 Å². The fraction of sp³-hybridized carbons (Fsp3) is 0.125. The van der Waals surface area contributed by atoms with E-state index < -0.39 is 0 Å². The van der Waals surface area contributed by atoms with Crippen LogP contribution in [0, 0.1) is 18.3 Å². The summed E-state index contributed by atoms with van der Waals surface area (Å²) in [6.07, 6.45) is 0. The molecule has 0 N–H and O–H groups in total. The number of methoxy groups -OCH3 is 2. The summed E-state index contributed by atoms with van der Waals surface area (Å²) < 4.78 is 10.8. The second kappa shape index (κ2) is 7.61. The van der Waals surface area contributed by atoms with Crippen molar-refractivity contribution in [2.75, 3.05) is 14.2 Å². The average molecular weight is 381 g/mol. The van der Waals surface area contributed by atoms with Crippen molar-refractivity contribution >= 4 is 11.0 Å². The van der Waals surface area contributed by atoms with Crippen LogP contribution >= 0.6 is 0 Å². The molecule has 0 atom stereocenters. The number of rotatable bonds is 4. The quantitative estimate of drug-likeness (QED) is 0.488. The van der Waals surface area contributed by atoms with Crippen molar-refractivity contribution in [2.24, 2.45) is 0 Å². The van der Waals surface area contributed by atoms with Gasteiger partial charge in [0.15, 0.2) is 11.5 Å². The van der Waals surface area contributed by atoms with Gasteiger partial charge in [-0.15, -0.1) is 0 Å². The van der Waals surface area contributed by atoms with Gasteiger partial charge in [-0.1, -0.05) is 42.0 Å². The largest absolute Gasteiger partial charge is 0.493 e.